The monoisotopic (exact) mass is 377 g/mol. The Morgan fingerprint density at radius 3 is 2.31 bits per heavy atom. The van der Waals surface area contributed by atoms with Crippen molar-refractivity contribution in [3.05, 3.63) is 63.7 Å². The van der Waals surface area contributed by atoms with E-state index in [1.165, 1.54) is 19.2 Å². The predicted octanol–water partition coefficient (Wildman–Crippen LogP) is 3.62. The summed E-state index contributed by atoms with van der Waals surface area (Å²) in [5.74, 6) is 0.163. The highest BCUT2D eigenvalue weighted by Crippen LogP contribution is 2.34. The summed E-state index contributed by atoms with van der Waals surface area (Å²) in [6, 6.07) is 11.6. The lowest BCUT2D eigenvalue weighted by atomic mass is 9.92. The Kier molecular flexibility index (Phi) is 5.99. The van der Waals surface area contributed by atoms with E-state index in [9.17, 15) is 18.5 Å². The van der Waals surface area contributed by atoms with Crippen molar-refractivity contribution >= 4 is 21.4 Å². The van der Waals surface area contributed by atoms with Crippen molar-refractivity contribution in [1.82, 2.24) is 4.72 Å². The lowest BCUT2D eigenvalue weighted by molar-refractivity contribution is -0.384. The molecule has 0 heterocycles. The molecule has 8 heteroatoms. The van der Waals surface area contributed by atoms with Gasteiger partial charge in [-0.3, -0.25) is 10.1 Å². The van der Waals surface area contributed by atoms with E-state index in [0.29, 0.717) is 0 Å². The second-order valence-corrected chi connectivity index (χ2v) is 8.25. The van der Waals surface area contributed by atoms with E-state index in [1.54, 1.807) is 0 Å². The third-order valence-electron chi connectivity index (χ3n) is 4.25. The number of rotatable bonds is 7. The van der Waals surface area contributed by atoms with Crippen molar-refractivity contribution in [2.45, 2.75) is 31.7 Å². The number of sulfonamides is 1. The Hall–Kier alpha value is -2.45. The zero-order chi connectivity index (χ0) is 19.5. The van der Waals surface area contributed by atoms with Crippen molar-refractivity contribution < 1.29 is 13.3 Å². The minimum Gasteiger partial charge on any atom is -0.372 e. The van der Waals surface area contributed by atoms with Crippen LogP contribution >= 0.6 is 0 Å². The maximum Gasteiger partial charge on any atom is 0.293 e. The summed E-state index contributed by atoms with van der Waals surface area (Å²) >= 11 is 0. The third kappa shape index (κ3) is 4.20. The average Bonchev–Trinajstić information content (AvgIpc) is 2.60. The van der Waals surface area contributed by atoms with Gasteiger partial charge in [0.25, 0.3) is 5.69 Å². The van der Waals surface area contributed by atoms with E-state index in [0.717, 1.165) is 17.2 Å². The van der Waals surface area contributed by atoms with Crippen LogP contribution in [0.5, 0.6) is 0 Å². The van der Waals surface area contributed by atoms with Gasteiger partial charge in [0.1, 0.15) is 5.69 Å². The fourth-order valence-electron chi connectivity index (χ4n) is 2.78. The Balaban J connectivity index is 2.50. The fourth-order valence-corrected chi connectivity index (χ4v) is 3.53. The Morgan fingerprint density at radius 2 is 1.77 bits per heavy atom. The highest BCUT2D eigenvalue weighted by Gasteiger charge is 2.24. The first-order valence-corrected chi connectivity index (χ1v) is 9.69. The van der Waals surface area contributed by atoms with Gasteiger partial charge >= 0.3 is 0 Å². The molecule has 0 aromatic heterocycles. The number of nitrogens with one attached hydrogen (secondary N) is 2. The zero-order valence-electron chi connectivity index (χ0n) is 15.2. The average molecular weight is 377 g/mol. The van der Waals surface area contributed by atoms with E-state index in [-0.39, 0.29) is 28.2 Å². The minimum absolute atomic E-state index is 0.144. The maximum atomic E-state index is 11.9. The molecule has 2 N–H and O–H groups in total. The fraction of sp³-hybridized carbons (Fsp3) is 0.333. The predicted molar refractivity (Wildman–Crippen MR) is 102 cm³/mol. The molecule has 2 aromatic rings. The number of aryl methyl sites for hydroxylation is 1. The maximum absolute atomic E-state index is 11.9. The molecule has 0 saturated heterocycles. The van der Waals surface area contributed by atoms with E-state index in [1.807, 2.05) is 45.0 Å². The third-order valence-corrected chi connectivity index (χ3v) is 5.66. The van der Waals surface area contributed by atoms with Crippen molar-refractivity contribution in [1.29, 1.82) is 0 Å². The molecule has 2 aromatic carbocycles. The number of anilines is 1. The van der Waals surface area contributed by atoms with Gasteiger partial charge in [-0.1, -0.05) is 38.1 Å². The molecule has 140 valence electrons. The van der Waals surface area contributed by atoms with Crippen molar-refractivity contribution in [3.63, 3.8) is 0 Å². The van der Waals surface area contributed by atoms with Crippen LogP contribution in [0.3, 0.4) is 0 Å². The summed E-state index contributed by atoms with van der Waals surface area (Å²) in [5.41, 5.74) is 2.13. The van der Waals surface area contributed by atoms with Gasteiger partial charge < -0.3 is 5.32 Å². The van der Waals surface area contributed by atoms with Gasteiger partial charge in [0.05, 0.1) is 15.9 Å². The lowest BCUT2D eigenvalue weighted by Crippen LogP contribution is -2.20. The summed E-state index contributed by atoms with van der Waals surface area (Å²) in [5, 5.41) is 14.7. The number of hydrogen-bond acceptors (Lipinski definition) is 5. The first-order valence-electron chi connectivity index (χ1n) is 8.21. The minimum atomic E-state index is -3.76. The molecule has 0 fully saturated rings. The molecule has 1 atom stereocenters. The van der Waals surface area contributed by atoms with Gasteiger partial charge in [-0.2, -0.15) is 0 Å². The molecule has 1 unspecified atom stereocenters. The summed E-state index contributed by atoms with van der Waals surface area (Å²) in [6.45, 7) is 6.04. The van der Waals surface area contributed by atoms with Gasteiger partial charge in [-0.25, -0.2) is 13.1 Å². The molecule has 0 aliphatic carbocycles. The molecule has 0 radical (unpaired) electrons. The Bertz CT molecular complexity index is 910. The van der Waals surface area contributed by atoms with Crippen LogP contribution in [0.15, 0.2) is 47.4 Å². The molecular formula is C18H23N3O4S. The van der Waals surface area contributed by atoms with E-state index >= 15 is 0 Å². The molecule has 0 amide bonds. The van der Waals surface area contributed by atoms with Crippen molar-refractivity contribution in [2.75, 3.05) is 12.4 Å². The van der Waals surface area contributed by atoms with Crippen LogP contribution in [-0.2, 0) is 10.0 Å². The van der Waals surface area contributed by atoms with E-state index in [4.69, 9.17) is 0 Å². The number of nitro benzene ring substituents is 1. The highest BCUT2D eigenvalue weighted by molar-refractivity contribution is 7.89. The Morgan fingerprint density at radius 1 is 1.12 bits per heavy atom. The smallest absolute Gasteiger partial charge is 0.293 e. The summed E-state index contributed by atoms with van der Waals surface area (Å²) in [4.78, 5) is 10.8. The summed E-state index contributed by atoms with van der Waals surface area (Å²) < 4.78 is 26.0. The molecule has 0 saturated carbocycles. The molecule has 0 bridgehead atoms. The van der Waals surface area contributed by atoms with Crippen LogP contribution in [0, 0.1) is 23.0 Å². The molecule has 0 aliphatic rings. The van der Waals surface area contributed by atoms with Gasteiger partial charge in [0, 0.05) is 6.07 Å². The zero-order valence-corrected chi connectivity index (χ0v) is 16.0. The van der Waals surface area contributed by atoms with E-state index < -0.39 is 14.9 Å². The van der Waals surface area contributed by atoms with Crippen molar-refractivity contribution in [2.24, 2.45) is 5.92 Å². The standard InChI is InChI=1S/C18H23N3O4S/c1-12(2)18(15-8-6-5-7-13(15)3)20-16-10-9-14(26(24,25)19-4)11-17(16)21(22)23/h5-12,18-20H,1-4H3. The summed E-state index contributed by atoms with van der Waals surface area (Å²) in [7, 11) is -2.49. The van der Waals surface area contributed by atoms with Crippen LogP contribution in [0.2, 0.25) is 0 Å². The number of benzene rings is 2. The first kappa shape index (κ1) is 19.9. The van der Waals surface area contributed by atoms with E-state index in [2.05, 4.69) is 10.0 Å². The lowest BCUT2D eigenvalue weighted by Gasteiger charge is -2.25. The highest BCUT2D eigenvalue weighted by atomic mass is 32.2. The van der Waals surface area contributed by atoms with Gasteiger partial charge in [0.15, 0.2) is 0 Å². The van der Waals surface area contributed by atoms with Crippen LogP contribution in [0.1, 0.15) is 31.0 Å². The molecule has 26 heavy (non-hydrogen) atoms. The van der Waals surface area contributed by atoms with Crippen molar-refractivity contribution in [3.8, 4) is 0 Å². The molecule has 0 spiro atoms. The second kappa shape index (κ2) is 7.84. The molecule has 0 aliphatic heterocycles. The number of nitro groups is 1. The SMILES string of the molecule is CNS(=O)(=O)c1ccc(NC(c2ccccc2C)C(C)C)c([N+](=O)[O-])c1. The normalized spacial score (nSPS) is 12.8. The Labute approximate surface area is 153 Å². The number of nitrogens with zero attached hydrogens (tertiary/aromatic N) is 1. The van der Waals surface area contributed by atoms with Gasteiger partial charge in [-0.05, 0) is 43.1 Å². The van der Waals surface area contributed by atoms with Crippen LogP contribution in [0.4, 0.5) is 11.4 Å². The number of hydrogen-bond donors (Lipinski definition) is 2. The largest absolute Gasteiger partial charge is 0.372 e. The molecule has 2 rings (SSSR count). The van der Waals surface area contributed by atoms with Gasteiger partial charge in [0.2, 0.25) is 10.0 Å². The second-order valence-electron chi connectivity index (χ2n) is 6.37. The van der Waals surface area contributed by atoms with Crippen LogP contribution in [-0.4, -0.2) is 20.4 Å². The van der Waals surface area contributed by atoms with Crippen LogP contribution in [0.25, 0.3) is 0 Å². The quantitative estimate of drug-likeness (QED) is 0.567. The summed E-state index contributed by atoms with van der Waals surface area (Å²) in [6.07, 6.45) is 0. The molecule has 7 nitrogen and oxygen atoms in total. The van der Waals surface area contributed by atoms with Crippen LogP contribution < -0.4 is 10.0 Å². The topological polar surface area (TPSA) is 101 Å². The van der Waals surface area contributed by atoms with Gasteiger partial charge in [-0.15, -0.1) is 0 Å². The molecular weight excluding hydrogens is 354 g/mol. The first-order chi connectivity index (χ1) is 12.2.